The van der Waals surface area contributed by atoms with Gasteiger partial charge in [-0.2, -0.15) is 8.78 Å². The maximum atomic E-state index is 15.0. The Balaban J connectivity index is 1.67. The van der Waals surface area contributed by atoms with Crippen LogP contribution in [0, 0.1) is 10.6 Å². The number of pyridine rings is 2. The average molecular weight is 523 g/mol. The summed E-state index contributed by atoms with van der Waals surface area (Å²) in [5, 5.41) is 11.0. The summed E-state index contributed by atoms with van der Waals surface area (Å²) in [4.78, 5) is 8.41. The molecule has 0 fully saturated rings. The van der Waals surface area contributed by atoms with Crippen LogP contribution in [0.2, 0.25) is 5.02 Å². The fraction of sp³-hybridized carbons (Fsp3) is 0.217. The van der Waals surface area contributed by atoms with Crippen LogP contribution in [0.1, 0.15) is 35.4 Å². The second-order valence-corrected chi connectivity index (χ2v) is 10.8. The van der Waals surface area contributed by atoms with Crippen molar-refractivity contribution in [1.82, 2.24) is 14.4 Å². The topological polar surface area (TPSA) is 101 Å². The molecule has 0 saturated carbocycles. The Hall–Kier alpha value is -3.15. The predicted octanol–water partition coefficient (Wildman–Crippen LogP) is 5.39. The summed E-state index contributed by atoms with van der Waals surface area (Å²) >= 11 is 6.14. The number of rotatable bonds is 5. The highest BCUT2D eigenvalue weighted by atomic mass is 35.5. The van der Waals surface area contributed by atoms with Crippen molar-refractivity contribution in [2.24, 2.45) is 0 Å². The Labute approximate surface area is 203 Å². The van der Waals surface area contributed by atoms with E-state index in [1.807, 2.05) is 0 Å². The lowest BCUT2D eigenvalue weighted by Gasteiger charge is -2.18. The molecule has 3 heterocycles. The van der Waals surface area contributed by atoms with Gasteiger partial charge < -0.3 is 14.2 Å². The third-order valence-electron chi connectivity index (χ3n) is 5.89. The van der Waals surface area contributed by atoms with E-state index in [4.69, 9.17) is 21.1 Å². The van der Waals surface area contributed by atoms with Gasteiger partial charge in [0.05, 0.1) is 27.2 Å². The molecule has 2 N–H and O–H groups in total. The largest absolute Gasteiger partial charge is 0.435 e. The maximum Gasteiger partial charge on any atom is 0.387 e. The molecule has 0 spiro atoms. The van der Waals surface area contributed by atoms with Crippen LogP contribution < -0.4 is 4.74 Å². The molecule has 3 aromatic heterocycles. The van der Waals surface area contributed by atoms with Crippen LogP contribution in [-0.2, 0) is 9.73 Å². The summed E-state index contributed by atoms with van der Waals surface area (Å²) in [6, 6.07) is 8.39. The normalized spacial score (nSPS) is 19.2. The molecule has 4 aromatic rings. The van der Waals surface area contributed by atoms with Crippen LogP contribution in [-0.4, -0.2) is 36.6 Å². The van der Waals surface area contributed by atoms with Crippen LogP contribution in [0.5, 0.6) is 5.75 Å². The molecule has 3 atom stereocenters. The van der Waals surface area contributed by atoms with Gasteiger partial charge in [0.25, 0.3) is 0 Å². The van der Waals surface area contributed by atoms with Gasteiger partial charge in [0, 0.05) is 52.3 Å². The average Bonchev–Trinajstić information content (AvgIpc) is 3.30. The van der Waals surface area contributed by atoms with Gasteiger partial charge in [-0.15, -0.1) is 0 Å². The van der Waals surface area contributed by atoms with Crippen LogP contribution in [0.3, 0.4) is 0 Å². The first-order valence-corrected chi connectivity index (χ1v) is 12.7. The summed E-state index contributed by atoms with van der Waals surface area (Å²) in [7, 11) is -3.03. The second-order valence-electron chi connectivity index (χ2n) is 8.24. The summed E-state index contributed by atoms with van der Waals surface area (Å²) in [5.74, 6) is -1.28. The molecule has 0 bridgehead atoms. The van der Waals surface area contributed by atoms with Crippen molar-refractivity contribution in [3.05, 3.63) is 76.6 Å². The Morgan fingerprint density at radius 3 is 2.71 bits per heavy atom. The molecule has 0 aliphatic heterocycles. The third kappa shape index (κ3) is 4.24. The second kappa shape index (κ2) is 8.51. The molecule has 1 aliphatic carbocycles. The van der Waals surface area contributed by atoms with Gasteiger partial charge in [0.2, 0.25) is 0 Å². The van der Waals surface area contributed by atoms with Gasteiger partial charge in [-0.3, -0.25) is 0 Å². The molecule has 0 amide bonds. The van der Waals surface area contributed by atoms with Crippen LogP contribution in [0.15, 0.2) is 53.8 Å². The molecule has 182 valence electrons. The summed E-state index contributed by atoms with van der Waals surface area (Å²) in [6.45, 7) is -3.05. The molecule has 0 radical (unpaired) electrons. The Bertz CT molecular complexity index is 1560. The molecule has 0 saturated heterocycles. The van der Waals surface area contributed by atoms with Crippen molar-refractivity contribution < 1.29 is 27.2 Å². The molecule has 12 heteroatoms. The van der Waals surface area contributed by atoms with E-state index in [-0.39, 0.29) is 28.4 Å². The van der Waals surface area contributed by atoms with E-state index in [0.717, 1.165) is 0 Å². The minimum absolute atomic E-state index is 0.0713. The first-order valence-electron chi connectivity index (χ1n) is 10.4. The van der Waals surface area contributed by atoms with E-state index in [0.29, 0.717) is 27.5 Å². The highest BCUT2D eigenvalue weighted by Gasteiger charge is 2.38. The molecule has 1 aliphatic rings. The van der Waals surface area contributed by atoms with Crippen molar-refractivity contribution >= 4 is 27.0 Å². The SMILES string of the molecule is CS(=N)(=O)c1ccc(-c2cn3c4c(nc3cc2F)[C@H](O)C[C@@H]4c2cc(Cl)ccc2OC(F)F)cn1. The number of halogens is 4. The Morgan fingerprint density at radius 2 is 2.06 bits per heavy atom. The quantitative estimate of drug-likeness (QED) is 0.366. The van der Waals surface area contributed by atoms with E-state index < -0.39 is 34.2 Å². The number of hydrogen-bond acceptors (Lipinski definition) is 6. The predicted molar refractivity (Wildman–Crippen MR) is 123 cm³/mol. The summed E-state index contributed by atoms with van der Waals surface area (Å²) < 4.78 is 67.0. The van der Waals surface area contributed by atoms with Crippen molar-refractivity contribution in [3.63, 3.8) is 0 Å². The zero-order chi connectivity index (χ0) is 25.1. The summed E-state index contributed by atoms with van der Waals surface area (Å²) in [5.41, 5.74) is 1.91. The van der Waals surface area contributed by atoms with Crippen LogP contribution >= 0.6 is 11.6 Å². The number of nitrogens with one attached hydrogen (secondary N) is 1. The zero-order valence-electron chi connectivity index (χ0n) is 18.1. The number of aliphatic hydroxyl groups excluding tert-OH is 1. The van der Waals surface area contributed by atoms with E-state index >= 15 is 4.39 Å². The lowest BCUT2D eigenvalue weighted by molar-refractivity contribution is -0.0506. The molecule has 1 unspecified atom stereocenters. The van der Waals surface area contributed by atoms with Crippen LogP contribution in [0.4, 0.5) is 13.2 Å². The zero-order valence-corrected chi connectivity index (χ0v) is 19.7. The highest BCUT2D eigenvalue weighted by molar-refractivity contribution is 7.91. The monoisotopic (exact) mass is 522 g/mol. The van der Waals surface area contributed by atoms with Crippen molar-refractivity contribution in [2.45, 2.75) is 30.1 Å². The Kier molecular flexibility index (Phi) is 5.73. The Morgan fingerprint density at radius 1 is 1.29 bits per heavy atom. The van der Waals surface area contributed by atoms with Gasteiger partial charge in [0.15, 0.2) is 0 Å². The maximum absolute atomic E-state index is 15.0. The minimum atomic E-state index is -3.05. The number of alkyl halides is 2. The number of imidazole rings is 1. The molecular weight excluding hydrogens is 505 g/mol. The van der Waals surface area contributed by atoms with Crippen molar-refractivity contribution in [3.8, 4) is 16.9 Å². The standard InChI is InChI=1S/C23H18ClF3N4O3S/c1-35(28,33)20-5-2-11(9-29-20)15-10-31-19(8-16(15)25)30-21-17(32)7-14(22(21)31)13-6-12(24)3-4-18(13)34-23(26)27/h2-6,8-10,14,17,23,28,32H,7H2,1H3/t14-,17-,35?/m1/s1. The number of hydrogen-bond donors (Lipinski definition) is 2. The summed E-state index contributed by atoms with van der Waals surface area (Å²) in [6.07, 6.45) is 3.20. The number of fused-ring (bicyclic) bond motifs is 3. The molecular formula is C23H18ClF3N4O3S. The van der Waals surface area contributed by atoms with Gasteiger partial charge in [-0.1, -0.05) is 11.6 Å². The molecule has 35 heavy (non-hydrogen) atoms. The van der Waals surface area contributed by atoms with E-state index in [9.17, 15) is 18.1 Å². The van der Waals surface area contributed by atoms with Gasteiger partial charge in [-0.25, -0.2) is 23.3 Å². The smallest absolute Gasteiger partial charge is 0.387 e. The first-order chi connectivity index (χ1) is 16.5. The van der Waals surface area contributed by atoms with Crippen molar-refractivity contribution in [2.75, 3.05) is 6.26 Å². The number of ether oxygens (including phenoxy) is 1. The first kappa shape index (κ1) is 23.6. The van der Waals surface area contributed by atoms with Crippen LogP contribution in [0.25, 0.3) is 16.8 Å². The molecule has 7 nitrogen and oxygen atoms in total. The number of nitrogens with zero attached hydrogens (tertiary/aromatic N) is 3. The van der Waals surface area contributed by atoms with E-state index in [1.165, 1.54) is 55.0 Å². The molecule has 1 aromatic carbocycles. The number of aromatic nitrogens is 3. The van der Waals surface area contributed by atoms with Gasteiger partial charge in [-0.05, 0) is 36.8 Å². The third-order valence-corrected chi connectivity index (χ3v) is 7.16. The van der Waals surface area contributed by atoms with E-state index in [2.05, 4.69) is 9.97 Å². The van der Waals surface area contributed by atoms with Crippen molar-refractivity contribution in [1.29, 1.82) is 4.78 Å². The van der Waals surface area contributed by atoms with E-state index in [1.54, 1.807) is 4.40 Å². The lowest BCUT2D eigenvalue weighted by Crippen LogP contribution is -2.09. The highest BCUT2D eigenvalue weighted by Crippen LogP contribution is 2.47. The lowest BCUT2D eigenvalue weighted by atomic mass is 9.95. The number of benzene rings is 1. The minimum Gasteiger partial charge on any atom is -0.435 e. The number of aliphatic hydroxyl groups is 1. The van der Waals surface area contributed by atoms with Gasteiger partial charge >= 0.3 is 6.61 Å². The van der Waals surface area contributed by atoms with Gasteiger partial charge in [0.1, 0.15) is 22.2 Å². The fourth-order valence-corrected chi connectivity index (χ4v) is 5.15. The fourth-order valence-electron chi connectivity index (χ4n) is 4.39. The molecule has 5 rings (SSSR count).